The number of nitrogens with one attached hydrogen (secondary N) is 2. The van der Waals surface area contributed by atoms with E-state index in [9.17, 15) is 9.18 Å². The Kier molecular flexibility index (Phi) is 6.57. The lowest BCUT2D eigenvalue weighted by molar-refractivity contribution is 0.0471. The summed E-state index contributed by atoms with van der Waals surface area (Å²) in [5, 5.41) is 6.22. The smallest absolute Gasteiger partial charge is 0.408 e. The van der Waals surface area contributed by atoms with Crippen LogP contribution in [-0.2, 0) is 11.2 Å². The molecule has 23 heavy (non-hydrogen) atoms. The van der Waals surface area contributed by atoms with Gasteiger partial charge in [0.15, 0.2) is 0 Å². The highest BCUT2D eigenvalue weighted by Gasteiger charge is 2.24. The Bertz CT molecular complexity index is 524. The fraction of sp³-hybridized carbons (Fsp3) is 0.611. The molecule has 0 radical (unpaired) electrons. The summed E-state index contributed by atoms with van der Waals surface area (Å²) in [6.45, 7) is 12.0. The van der Waals surface area contributed by atoms with Crippen LogP contribution in [0.5, 0.6) is 0 Å². The predicted molar refractivity (Wildman–Crippen MR) is 91.0 cm³/mol. The minimum atomic E-state index is -0.516. The number of ether oxygens (including phenoxy) is 1. The lowest BCUT2D eigenvalue weighted by Crippen LogP contribution is -2.53. The molecule has 1 aromatic rings. The number of halogens is 1. The molecule has 0 saturated heterocycles. The van der Waals surface area contributed by atoms with E-state index in [1.807, 2.05) is 47.6 Å². The molecule has 0 fully saturated rings. The number of alkyl carbamates (subject to hydrolysis) is 1. The largest absolute Gasteiger partial charge is 0.444 e. The SMILES string of the molecule is CC(Cc1cccc(F)c1)NCC(C)(C)NC(=O)OC(C)(C)C. The van der Waals surface area contributed by atoms with Gasteiger partial charge in [-0.15, -0.1) is 0 Å². The number of rotatable bonds is 6. The summed E-state index contributed by atoms with van der Waals surface area (Å²) in [5.74, 6) is -0.221. The summed E-state index contributed by atoms with van der Waals surface area (Å²) in [6.07, 6.45) is 0.294. The van der Waals surface area contributed by atoms with Crippen molar-refractivity contribution >= 4 is 6.09 Å². The summed E-state index contributed by atoms with van der Waals surface area (Å²) in [6, 6.07) is 6.77. The monoisotopic (exact) mass is 324 g/mol. The maximum absolute atomic E-state index is 13.2. The van der Waals surface area contributed by atoms with Gasteiger partial charge in [0.05, 0.1) is 5.54 Å². The van der Waals surface area contributed by atoms with E-state index in [1.54, 1.807) is 12.1 Å². The topological polar surface area (TPSA) is 50.4 Å². The van der Waals surface area contributed by atoms with Gasteiger partial charge in [-0.3, -0.25) is 0 Å². The third-order valence-corrected chi connectivity index (χ3v) is 3.16. The van der Waals surface area contributed by atoms with Gasteiger partial charge in [-0.1, -0.05) is 12.1 Å². The van der Waals surface area contributed by atoms with E-state index >= 15 is 0 Å². The third kappa shape index (κ3) is 8.55. The number of carbonyl (C=O) groups excluding carboxylic acids is 1. The summed E-state index contributed by atoms with van der Waals surface area (Å²) < 4.78 is 18.5. The maximum Gasteiger partial charge on any atom is 0.408 e. The van der Waals surface area contributed by atoms with Crippen molar-refractivity contribution in [1.29, 1.82) is 0 Å². The Balaban J connectivity index is 2.44. The van der Waals surface area contributed by atoms with Gasteiger partial charge in [-0.05, 0) is 65.7 Å². The second kappa shape index (κ2) is 7.77. The fourth-order valence-electron chi connectivity index (χ4n) is 2.14. The fourth-order valence-corrected chi connectivity index (χ4v) is 2.14. The summed E-state index contributed by atoms with van der Waals surface area (Å²) in [5.41, 5.74) is -0.0144. The standard InChI is InChI=1S/C18H29FN2O2/c1-13(10-14-8-7-9-15(19)11-14)20-12-18(5,6)21-16(22)23-17(2,3)4/h7-9,11,13,20H,10,12H2,1-6H3,(H,21,22). The first-order chi connectivity index (χ1) is 10.5. The molecule has 130 valence electrons. The molecule has 1 atom stereocenters. The Labute approximate surface area is 138 Å². The van der Waals surface area contributed by atoms with Crippen LogP contribution in [0.3, 0.4) is 0 Å². The molecule has 1 aromatic carbocycles. The van der Waals surface area contributed by atoms with E-state index in [0.29, 0.717) is 6.54 Å². The van der Waals surface area contributed by atoms with Gasteiger partial charge in [0.2, 0.25) is 0 Å². The van der Waals surface area contributed by atoms with Gasteiger partial charge >= 0.3 is 6.09 Å². The van der Waals surface area contributed by atoms with E-state index in [-0.39, 0.29) is 11.9 Å². The summed E-state index contributed by atoms with van der Waals surface area (Å²) in [4.78, 5) is 11.8. The van der Waals surface area contributed by atoms with Crippen molar-refractivity contribution in [3.63, 3.8) is 0 Å². The van der Waals surface area contributed by atoms with Gasteiger partial charge in [0, 0.05) is 12.6 Å². The Morgan fingerprint density at radius 1 is 1.26 bits per heavy atom. The Morgan fingerprint density at radius 2 is 1.91 bits per heavy atom. The van der Waals surface area contributed by atoms with Gasteiger partial charge < -0.3 is 15.4 Å². The molecule has 0 bridgehead atoms. The van der Waals surface area contributed by atoms with Crippen LogP contribution < -0.4 is 10.6 Å². The molecule has 0 saturated carbocycles. The van der Waals surface area contributed by atoms with Crippen molar-refractivity contribution in [1.82, 2.24) is 10.6 Å². The molecule has 0 aliphatic heterocycles. The van der Waals surface area contributed by atoms with E-state index in [0.717, 1.165) is 12.0 Å². The summed E-state index contributed by atoms with van der Waals surface area (Å²) >= 11 is 0. The molecular weight excluding hydrogens is 295 g/mol. The molecular formula is C18H29FN2O2. The first-order valence-electron chi connectivity index (χ1n) is 7.96. The number of benzene rings is 1. The third-order valence-electron chi connectivity index (χ3n) is 3.16. The highest BCUT2D eigenvalue weighted by atomic mass is 19.1. The molecule has 0 spiro atoms. The summed E-state index contributed by atoms with van der Waals surface area (Å²) in [7, 11) is 0. The molecule has 0 heterocycles. The van der Waals surface area contributed by atoms with Crippen molar-refractivity contribution in [3.8, 4) is 0 Å². The van der Waals surface area contributed by atoms with Crippen molar-refractivity contribution in [2.24, 2.45) is 0 Å². The lowest BCUT2D eigenvalue weighted by Gasteiger charge is -2.30. The van der Waals surface area contributed by atoms with Crippen LogP contribution >= 0.6 is 0 Å². The zero-order chi connectivity index (χ0) is 17.7. The highest BCUT2D eigenvalue weighted by molar-refractivity contribution is 5.68. The molecule has 5 heteroatoms. The van der Waals surface area contributed by atoms with Crippen LogP contribution in [0.25, 0.3) is 0 Å². The van der Waals surface area contributed by atoms with Crippen LogP contribution in [0, 0.1) is 5.82 Å². The van der Waals surface area contributed by atoms with Gasteiger partial charge in [0.1, 0.15) is 11.4 Å². The van der Waals surface area contributed by atoms with Crippen LogP contribution in [0.15, 0.2) is 24.3 Å². The van der Waals surface area contributed by atoms with E-state index < -0.39 is 17.2 Å². The molecule has 1 unspecified atom stereocenters. The van der Waals surface area contributed by atoms with Crippen LogP contribution in [0.4, 0.5) is 9.18 Å². The molecule has 0 aliphatic carbocycles. The van der Waals surface area contributed by atoms with E-state index in [4.69, 9.17) is 4.74 Å². The van der Waals surface area contributed by atoms with Gasteiger partial charge in [-0.2, -0.15) is 0 Å². The minimum Gasteiger partial charge on any atom is -0.444 e. The second-order valence-corrected chi connectivity index (χ2v) is 7.63. The Hall–Kier alpha value is -1.62. The second-order valence-electron chi connectivity index (χ2n) is 7.63. The molecule has 0 aromatic heterocycles. The molecule has 0 aliphatic rings. The van der Waals surface area contributed by atoms with Crippen LogP contribution in [-0.4, -0.2) is 29.8 Å². The van der Waals surface area contributed by atoms with Crippen LogP contribution in [0.1, 0.15) is 47.1 Å². The zero-order valence-corrected chi connectivity index (χ0v) is 15.0. The lowest BCUT2D eigenvalue weighted by atomic mass is 10.0. The number of hydrogen-bond donors (Lipinski definition) is 2. The minimum absolute atomic E-state index is 0.163. The van der Waals surface area contributed by atoms with E-state index in [1.165, 1.54) is 6.07 Å². The molecule has 4 nitrogen and oxygen atoms in total. The number of amides is 1. The first-order valence-corrected chi connectivity index (χ1v) is 7.96. The molecule has 2 N–H and O–H groups in total. The van der Waals surface area contributed by atoms with Crippen molar-refractivity contribution < 1.29 is 13.9 Å². The Morgan fingerprint density at radius 3 is 2.48 bits per heavy atom. The maximum atomic E-state index is 13.2. The average molecular weight is 324 g/mol. The first kappa shape index (κ1) is 19.4. The van der Waals surface area contributed by atoms with Crippen molar-refractivity contribution in [2.45, 2.75) is 65.1 Å². The van der Waals surface area contributed by atoms with Gasteiger partial charge in [-0.25, -0.2) is 9.18 Å². The molecule has 1 rings (SSSR count). The van der Waals surface area contributed by atoms with Crippen LogP contribution in [0.2, 0.25) is 0 Å². The average Bonchev–Trinajstić information content (AvgIpc) is 2.33. The van der Waals surface area contributed by atoms with Crippen molar-refractivity contribution in [3.05, 3.63) is 35.6 Å². The molecule has 1 amide bonds. The number of carbonyl (C=O) groups is 1. The van der Waals surface area contributed by atoms with Crippen molar-refractivity contribution in [2.75, 3.05) is 6.54 Å². The quantitative estimate of drug-likeness (QED) is 0.840. The van der Waals surface area contributed by atoms with Gasteiger partial charge in [0.25, 0.3) is 0 Å². The highest BCUT2D eigenvalue weighted by Crippen LogP contribution is 2.10. The normalized spacial score (nSPS) is 13.5. The predicted octanol–water partition coefficient (Wildman–Crippen LogP) is 3.65. The zero-order valence-electron chi connectivity index (χ0n) is 15.0. The van der Waals surface area contributed by atoms with E-state index in [2.05, 4.69) is 10.6 Å². The number of hydrogen-bond acceptors (Lipinski definition) is 3.